The van der Waals surface area contributed by atoms with Crippen molar-refractivity contribution >= 4 is 23.8 Å². The predicted molar refractivity (Wildman–Crippen MR) is 74.6 cm³/mol. The zero-order chi connectivity index (χ0) is 14.3. The van der Waals surface area contributed by atoms with E-state index in [1.807, 2.05) is 6.92 Å². The zero-order valence-electron chi connectivity index (χ0n) is 11.5. The van der Waals surface area contributed by atoms with E-state index in [-0.39, 0.29) is 18.5 Å². The van der Waals surface area contributed by atoms with Gasteiger partial charge in [0.25, 0.3) is 0 Å². The lowest BCUT2D eigenvalue weighted by Gasteiger charge is -2.38. The topological polar surface area (TPSA) is 70.1 Å². The van der Waals surface area contributed by atoms with Crippen molar-refractivity contribution in [1.29, 1.82) is 0 Å². The minimum atomic E-state index is -0.856. The number of likely N-dealkylation sites (N-methyl/N-ethyl adjacent to an activating group) is 1. The van der Waals surface area contributed by atoms with Crippen molar-refractivity contribution in [3.8, 4) is 0 Å². The molecule has 0 aromatic carbocycles. The lowest BCUT2D eigenvalue weighted by molar-refractivity contribution is -0.138. The Balaban J connectivity index is 2.66. The minimum absolute atomic E-state index is 0.0145. The van der Waals surface area contributed by atoms with Crippen LogP contribution >= 0.6 is 11.8 Å². The van der Waals surface area contributed by atoms with Gasteiger partial charge in [0.05, 0.1) is 19.1 Å². The van der Waals surface area contributed by atoms with Crippen LogP contribution in [0.1, 0.15) is 13.3 Å². The maximum Gasteiger partial charge on any atom is 0.320 e. The van der Waals surface area contributed by atoms with Crippen LogP contribution in [0.25, 0.3) is 0 Å². The maximum absolute atomic E-state index is 12.4. The fourth-order valence-electron chi connectivity index (χ4n) is 2.05. The molecule has 7 heteroatoms. The highest BCUT2D eigenvalue weighted by Gasteiger charge is 2.31. The van der Waals surface area contributed by atoms with Gasteiger partial charge in [-0.15, -0.1) is 0 Å². The Kier molecular flexibility index (Phi) is 7.01. The van der Waals surface area contributed by atoms with Crippen molar-refractivity contribution in [2.75, 3.05) is 44.9 Å². The summed E-state index contributed by atoms with van der Waals surface area (Å²) in [5, 5.41) is 8.92. The summed E-state index contributed by atoms with van der Waals surface area (Å²) in [7, 11) is 1.60. The lowest BCUT2D eigenvalue weighted by atomic mass is 10.2. The zero-order valence-corrected chi connectivity index (χ0v) is 12.3. The van der Waals surface area contributed by atoms with Crippen molar-refractivity contribution in [2.24, 2.45) is 0 Å². The van der Waals surface area contributed by atoms with Crippen LogP contribution in [0.3, 0.4) is 0 Å². The number of nitrogens with zero attached hydrogens (tertiary/aromatic N) is 2. The Labute approximate surface area is 118 Å². The predicted octanol–water partition coefficient (Wildman–Crippen LogP) is 0.967. The van der Waals surface area contributed by atoms with E-state index in [1.165, 1.54) is 0 Å². The number of methoxy groups -OCH3 is 1. The molecule has 1 unspecified atom stereocenters. The SMILES string of the molecule is CCN(CCOC)C(=O)N1CCSCC1CC(=O)O. The van der Waals surface area contributed by atoms with E-state index in [4.69, 9.17) is 9.84 Å². The smallest absolute Gasteiger partial charge is 0.320 e. The normalized spacial score (nSPS) is 19.3. The molecule has 19 heavy (non-hydrogen) atoms. The molecule has 1 N–H and O–H groups in total. The molecule has 1 aliphatic heterocycles. The molecule has 1 rings (SSSR count). The molecule has 1 atom stereocenters. The van der Waals surface area contributed by atoms with Gasteiger partial charge in [-0.2, -0.15) is 11.8 Å². The van der Waals surface area contributed by atoms with Crippen molar-refractivity contribution in [3.05, 3.63) is 0 Å². The summed E-state index contributed by atoms with van der Waals surface area (Å²) >= 11 is 1.70. The first-order valence-electron chi connectivity index (χ1n) is 6.44. The number of aliphatic carboxylic acids is 1. The number of carboxylic acid groups (broad SMARTS) is 1. The summed E-state index contributed by atoms with van der Waals surface area (Å²) in [6.07, 6.45) is 0.0145. The number of amides is 2. The first-order chi connectivity index (χ1) is 9.10. The van der Waals surface area contributed by atoms with Gasteiger partial charge < -0.3 is 19.6 Å². The molecule has 6 nitrogen and oxygen atoms in total. The number of urea groups is 1. The summed E-state index contributed by atoms with van der Waals surface area (Å²) in [6, 6.07) is -0.286. The molecule has 1 fully saturated rings. The molecule has 110 valence electrons. The maximum atomic E-state index is 12.4. The van der Waals surface area contributed by atoms with Crippen LogP contribution in [0.2, 0.25) is 0 Å². The number of rotatable bonds is 6. The molecular weight excluding hydrogens is 268 g/mol. The monoisotopic (exact) mass is 290 g/mol. The van der Waals surface area contributed by atoms with Crippen molar-refractivity contribution < 1.29 is 19.4 Å². The molecule has 0 saturated carbocycles. The average Bonchev–Trinajstić information content (AvgIpc) is 2.39. The van der Waals surface area contributed by atoms with E-state index < -0.39 is 5.97 Å². The number of carbonyl (C=O) groups is 2. The van der Waals surface area contributed by atoms with Crippen LogP contribution < -0.4 is 0 Å². The van der Waals surface area contributed by atoms with Gasteiger partial charge in [-0.05, 0) is 6.92 Å². The molecule has 0 aliphatic carbocycles. The van der Waals surface area contributed by atoms with Crippen LogP contribution in [0.15, 0.2) is 0 Å². The quantitative estimate of drug-likeness (QED) is 0.789. The Morgan fingerprint density at radius 1 is 1.53 bits per heavy atom. The van der Waals surface area contributed by atoms with Crippen molar-refractivity contribution in [3.63, 3.8) is 0 Å². The van der Waals surface area contributed by atoms with Gasteiger partial charge in [0.15, 0.2) is 0 Å². The summed E-state index contributed by atoms with van der Waals surface area (Å²) < 4.78 is 4.99. The third-order valence-corrected chi connectivity index (χ3v) is 4.19. The third kappa shape index (κ3) is 4.91. The highest BCUT2D eigenvalue weighted by molar-refractivity contribution is 7.99. The molecule has 0 aromatic rings. The number of hydrogen-bond donors (Lipinski definition) is 1. The first-order valence-corrected chi connectivity index (χ1v) is 7.59. The molecule has 1 heterocycles. The Morgan fingerprint density at radius 3 is 2.84 bits per heavy atom. The van der Waals surface area contributed by atoms with E-state index >= 15 is 0 Å². The fraction of sp³-hybridized carbons (Fsp3) is 0.833. The van der Waals surface area contributed by atoms with Crippen LogP contribution in [0.5, 0.6) is 0 Å². The summed E-state index contributed by atoms with van der Waals surface area (Å²) in [5.41, 5.74) is 0. The number of hydrogen-bond acceptors (Lipinski definition) is 4. The van der Waals surface area contributed by atoms with Gasteiger partial charge in [-0.25, -0.2) is 4.79 Å². The molecule has 0 aromatic heterocycles. The van der Waals surface area contributed by atoms with Gasteiger partial charge in [-0.1, -0.05) is 0 Å². The Morgan fingerprint density at radius 2 is 2.26 bits per heavy atom. The van der Waals surface area contributed by atoms with E-state index in [2.05, 4.69) is 0 Å². The van der Waals surface area contributed by atoms with Crippen molar-refractivity contribution in [2.45, 2.75) is 19.4 Å². The Bertz CT molecular complexity index is 314. The van der Waals surface area contributed by atoms with Crippen LogP contribution in [0.4, 0.5) is 4.79 Å². The van der Waals surface area contributed by atoms with E-state index in [9.17, 15) is 9.59 Å². The molecular formula is C12H22N2O4S. The van der Waals surface area contributed by atoms with Crippen molar-refractivity contribution in [1.82, 2.24) is 9.80 Å². The second-order valence-corrected chi connectivity index (χ2v) is 5.52. The largest absolute Gasteiger partial charge is 0.481 e. The third-order valence-electron chi connectivity index (χ3n) is 3.10. The number of carboxylic acids is 1. The second kappa shape index (κ2) is 8.27. The van der Waals surface area contributed by atoms with Gasteiger partial charge in [0, 0.05) is 38.2 Å². The van der Waals surface area contributed by atoms with E-state index in [0.717, 1.165) is 5.75 Å². The number of thioether (sulfide) groups is 1. The highest BCUT2D eigenvalue weighted by atomic mass is 32.2. The van der Waals surface area contributed by atoms with Crippen LogP contribution in [0, 0.1) is 0 Å². The molecule has 1 saturated heterocycles. The number of carbonyl (C=O) groups excluding carboxylic acids is 1. The van der Waals surface area contributed by atoms with E-state index in [1.54, 1.807) is 28.7 Å². The van der Waals surface area contributed by atoms with Crippen LogP contribution in [-0.2, 0) is 9.53 Å². The highest BCUT2D eigenvalue weighted by Crippen LogP contribution is 2.20. The van der Waals surface area contributed by atoms with Gasteiger partial charge in [0.1, 0.15) is 0 Å². The lowest BCUT2D eigenvalue weighted by Crippen LogP contribution is -2.53. The van der Waals surface area contributed by atoms with Crippen LogP contribution in [-0.4, -0.2) is 77.8 Å². The summed E-state index contributed by atoms with van der Waals surface area (Å²) in [6.45, 7) is 4.16. The minimum Gasteiger partial charge on any atom is -0.481 e. The second-order valence-electron chi connectivity index (χ2n) is 4.38. The standard InChI is InChI=1S/C12H22N2O4S/c1-3-13(4-6-18-2)12(17)14-5-7-19-9-10(14)8-11(15)16/h10H,3-9H2,1-2H3,(H,15,16). The average molecular weight is 290 g/mol. The van der Waals surface area contributed by atoms with Gasteiger partial charge in [-0.3, -0.25) is 4.79 Å². The van der Waals surface area contributed by atoms with E-state index in [0.29, 0.717) is 32.0 Å². The molecule has 0 spiro atoms. The van der Waals surface area contributed by atoms with Gasteiger partial charge >= 0.3 is 12.0 Å². The first kappa shape index (κ1) is 16.1. The molecule has 0 bridgehead atoms. The summed E-state index contributed by atoms with van der Waals surface area (Å²) in [4.78, 5) is 26.7. The Hall–Kier alpha value is -0.950. The van der Waals surface area contributed by atoms with Gasteiger partial charge in [0.2, 0.25) is 0 Å². The summed E-state index contributed by atoms with van der Waals surface area (Å²) in [5.74, 6) is 0.703. The molecule has 0 radical (unpaired) electrons. The molecule has 2 amide bonds. The molecule has 1 aliphatic rings. The fourth-order valence-corrected chi connectivity index (χ4v) is 3.11. The number of ether oxygens (including phenoxy) is 1.